The topological polar surface area (TPSA) is 79.5 Å². The van der Waals surface area contributed by atoms with Gasteiger partial charge in [0.25, 0.3) is 0 Å². The van der Waals surface area contributed by atoms with E-state index in [1.807, 2.05) is 30.1 Å². The van der Waals surface area contributed by atoms with Crippen LogP contribution in [0.3, 0.4) is 0 Å². The molecule has 0 saturated heterocycles. The second-order valence-corrected chi connectivity index (χ2v) is 6.87. The lowest BCUT2D eigenvalue weighted by molar-refractivity contribution is 0.596. The number of benzene rings is 1. The molecule has 0 spiro atoms. The summed E-state index contributed by atoms with van der Waals surface area (Å²) in [4.78, 5) is 8.45. The van der Waals surface area contributed by atoms with E-state index in [4.69, 9.17) is 5.14 Å². The molecule has 2 heterocycles. The highest BCUT2D eigenvalue weighted by Gasteiger charge is 2.23. The van der Waals surface area contributed by atoms with Crippen molar-refractivity contribution in [3.05, 3.63) is 48.2 Å². The zero-order valence-electron chi connectivity index (χ0n) is 12.3. The second kappa shape index (κ2) is 5.58. The van der Waals surface area contributed by atoms with Crippen LogP contribution < -0.4 is 14.9 Å². The van der Waals surface area contributed by atoms with Gasteiger partial charge < -0.3 is 9.80 Å². The van der Waals surface area contributed by atoms with Gasteiger partial charge in [-0.1, -0.05) is 18.2 Å². The number of likely N-dealkylation sites (N-methyl/N-ethyl adjacent to an activating group) is 1. The molecular formula is C15H18N4O2S. The molecule has 116 valence electrons. The Morgan fingerprint density at radius 3 is 2.68 bits per heavy atom. The van der Waals surface area contributed by atoms with E-state index < -0.39 is 10.0 Å². The van der Waals surface area contributed by atoms with E-state index in [0.29, 0.717) is 18.9 Å². The average Bonchev–Trinajstić information content (AvgIpc) is 2.66. The molecule has 6 nitrogen and oxygen atoms in total. The van der Waals surface area contributed by atoms with E-state index in [-0.39, 0.29) is 4.90 Å². The van der Waals surface area contributed by atoms with E-state index in [1.165, 1.54) is 6.07 Å². The molecule has 0 aliphatic carbocycles. The van der Waals surface area contributed by atoms with Gasteiger partial charge in [0.2, 0.25) is 10.0 Å². The van der Waals surface area contributed by atoms with Gasteiger partial charge in [-0.15, -0.1) is 0 Å². The number of primary sulfonamides is 1. The number of nitrogens with two attached hydrogens (primary N) is 1. The van der Waals surface area contributed by atoms with Crippen molar-refractivity contribution in [3.63, 3.8) is 0 Å². The highest BCUT2D eigenvalue weighted by molar-refractivity contribution is 7.89. The van der Waals surface area contributed by atoms with Crippen molar-refractivity contribution in [2.75, 3.05) is 29.9 Å². The van der Waals surface area contributed by atoms with Crippen molar-refractivity contribution in [1.82, 2.24) is 4.98 Å². The van der Waals surface area contributed by atoms with Gasteiger partial charge in [0.1, 0.15) is 10.7 Å². The molecule has 0 amide bonds. The molecular weight excluding hydrogens is 300 g/mol. The summed E-state index contributed by atoms with van der Waals surface area (Å²) in [6.07, 6.45) is 1.59. The van der Waals surface area contributed by atoms with Crippen molar-refractivity contribution in [2.45, 2.75) is 11.4 Å². The number of para-hydroxylation sites is 1. The Hall–Kier alpha value is -2.12. The number of hydrogen-bond acceptors (Lipinski definition) is 5. The lowest BCUT2D eigenvalue weighted by atomic mass is 10.1. The van der Waals surface area contributed by atoms with Gasteiger partial charge in [0.15, 0.2) is 0 Å². The highest BCUT2D eigenvalue weighted by Crippen LogP contribution is 2.28. The molecule has 22 heavy (non-hydrogen) atoms. The normalized spacial score (nSPS) is 15.4. The summed E-state index contributed by atoms with van der Waals surface area (Å²) in [6.45, 7) is 2.04. The van der Waals surface area contributed by atoms with Gasteiger partial charge in [-0.25, -0.2) is 18.5 Å². The number of nitrogens with zero attached hydrogens (tertiary/aromatic N) is 3. The highest BCUT2D eigenvalue weighted by atomic mass is 32.2. The molecule has 1 aliphatic rings. The fourth-order valence-corrected chi connectivity index (χ4v) is 3.42. The predicted octanol–water partition coefficient (Wildman–Crippen LogP) is 1.19. The van der Waals surface area contributed by atoms with Crippen molar-refractivity contribution in [3.8, 4) is 0 Å². The van der Waals surface area contributed by atoms with E-state index in [9.17, 15) is 8.42 Å². The zero-order chi connectivity index (χ0) is 15.7. The number of fused-ring (bicyclic) bond motifs is 1. The molecule has 1 aliphatic heterocycles. The first-order chi connectivity index (χ1) is 10.5. The molecule has 0 atom stereocenters. The molecule has 2 N–H and O–H groups in total. The Morgan fingerprint density at radius 2 is 1.91 bits per heavy atom. The van der Waals surface area contributed by atoms with Crippen LogP contribution in [-0.4, -0.2) is 33.5 Å². The van der Waals surface area contributed by atoms with E-state index in [1.54, 1.807) is 12.3 Å². The van der Waals surface area contributed by atoms with Crippen molar-refractivity contribution in [2.24, 2.45) is 5.14 Å². The third kappa shape index (κ3) is 2.77. The van der Waals surface area contributed by atoms with Crippen LogP contribution in [0.2, 0.25) is 0 Å². The second-order valence-electron chi connectivity index (χ2n) is 5.34. The quantitative estimate of drug-likeness (QED) is 0.899. The maximum absolute atomic E-state index is 11.8. The van der Waals surface area contributed by atoms with Crippen LogP contribution >= 0.6 is 0 Å². The molecule has 3 rings (SSSR count). The minimum atomic E-state index is -3.80. The maximum Gasteiger partial charge on any atom is 0.241 e. The van der Waals surface area contributed by atoms with Gasteiger partial charge in [-0.05, 0) is 23.8 Å². The molecule has 0 fully saturated rings. The SMILES string of the molecule is CN1CCN(c2ncccc2S(N)(=O)=O)Cc2ccccc21. The minimum absolute atomic E-state index is 0.0667. The lowest BCUT2D eigenvalue weighted by Gasteiger charge is -2.23. The Kier molecular flexibility index (Phi) is 3.76. The van der Waals surface area contributed by atoms with Gasteiger partial charge in [-0.2, -0.15) is 0 Å². The predicted molar refractivity (Wildman–Crippen MR) is 86.4 cm³/mol. The van der Waals surface area contributed by atoms with Gasteiger partial charge in [0, 0.05) is 38.6 Å². The molecule has 7 heteroatoms. The van der Waals surface area contributed by atoms with Gasteiger partial charge in [0.05, 0.1) is 0 Å². The summed E-state index contributed by atoms with van der Waals surface area (Å²) >= 11 is 0. The van der Waals surface area contributed by atoms with E-state index in [0.717, 1.165) is 17.8 Å². The van der Waals surface area contributed by atoms with Gasteiger partial charge in [-0.3, -0.25) is 0 Å². The summed E-state index contributed by atoms with van der Waals surface area (Å²) in [6, 6.07) is 11.2. The largest absolute Gasteiger partial charge is 0.373 e. The van der Waals surface area contributed by atoms with Crippen LogP contribution in [0, 0.1) is 0 Å². The summed E-state index contributed by atoms with van der Waals surface area (Å²) in [5.41, 5.74) is 2.28. The molecule has 0 saturated carbocycles. The first-order valence-electron chi connectivity index (χ1n) is 6.98. The summed E-state index contributed by atoms with van der Waals surface area (Å²) in [5.74, 6) is 0.412. The van der Waals surface area contributed by atoms with Crippen LogP contribution in [0.1, 0.15) is 5.56 Å². The lowest BCUT2D eigenvalue weighted by Crippen LogP contribution is -2.31. The Morgan fingerprint density at radius 1 is 1.14 bits per heavy atom. The third-order valence-corrected chi connectivity index (χ3v) is 4.76. The summed E-state index contributed by atoms with van der Waals surface area (Å²) in [5, 5.41) is 5.32. The average molecular weight is 318 g/mol. The molecule has 0 radical (unpaired) electrons. The smallest absolute Gasteiger partial charge is 0.241 e. The van der Waals surface area contributed by atoms with E-state index >= 15 is 0 Å². The van der Waals surface area contributed by atoms with Crippen LogP contribution in [0.4, 0.5) is 11.5 Å². The number of sulfonamides is 1. The Bertz CT molecular complexity index is 792. The number of pyridine rings is 1. The Labute approximate surface area is 130 Å². The number of anilines is 2. The maximum atomic E-state index is 11.8. The molecule has 0 bridgehead atoms. The standard InChI is InChI=1S/C15H18N4O2S/c1-18-9-10-19(11-12-5-2-3-6-13(12)18)15-14(22(16,20)21)7-4-8-17-15/h2-8H,9-11H2,1H3,(H2,16,20,21). The number of hydrogen-bond donors (Lipinski definition) is 1. The van der Waals surface area contributed by atoms with Crippen LogP contribution in [0.5, 0.6) is 0 Å². The first-order valence-corrected chi connectivity index (χ1v) is 8.53. The minimum Gasteiger partial charge on any atom is -0.373 e. The molecule has 1 aromatic carbocycles. The molecule has 0 unspecified atom stereocenters. The fraction of sp³-hybridized carbons (Fsp3) is 0.267. The van der Waals surface area contributed by atoms with Crippen LogP contribution in [0.25, 0.3) is 0 Å². The summed E-state index contributed by atoms with van der Waals surface area (Å²) < 4.78 is 23.6. The van der Waals surface area contributed by atoms with Crippen molar-refractivity contribution < 1.29 is 8.42 Å². The summed E-state index contributed by atoms with van der Waals surface area (Å²) in [7, 11) is -1.77. The monoisotopic (exact) mass is 318 g/mol. The third-order valence-electron chi connectivity index (χ3n) is 3.83. The first kappa shape index (κ1) is 14.8. The van der Waals surface area contributed by atoms with Gasteiger partial charge >= 0.3 is 0 Å². The van der Waals surface area contributed by atoms with E-state index in [2.05, 4.69) is 16.0 Å². The number of rotatable bonds is 2. The Balaban J connectivity index is 2.05. The molecule has 2 aromatic rings. The molecule has 1 aromatic heterocycles. The van der Waals surface area contributed by atoms with Crippen molar-refractivity contribution in [1.29, 1.82) is 0 Å². The number of aromatic nitrogens is 1. The fourth-order valence-electron chi connectivity index (χ4n) is 2.72. The zero-order valence-corrected chi connectivity index (χ0v) is 13.1. The van der Waals surface area contributed by atoms with Crippen LogP contribution in [-0.2, 0) is 16.6 Å². The van der Waals surface area contributed by atoms with Crippen LogP contribution in [0.15, 0.2) is 47.5 Å². The van der Waals surface area contributed by atoms with Crippen molar-refractivity contribution >= 4 is 21.5 Å².